The van der Waals surface area contributed by atoms with E-state index in [1.807, 2.05) is 0 Å². The van der Waals surface area contributed by atoms with Gasteiger partial charge in [-0.15, -0.1) is 23.2 Å². The van der Waals surface area contributed by atoms with Crippen LogP contribution >= 0.6 is 31.0 Å². The lowest BCUT2D eigenvalue weighted by atomic mass is 9.96. The number of carbonyl (C=O) groups is 1. The minimum absolute atomic E-state index is 0.0709. The SMILES string of the molecule is C=C(C)C(=O)OCCOP1(=O)OCC(CCl)(CCl)CO1. The molecule has 1 aliphatic heterocycles. The van der Waals surface area contributed by atoms with Crippen LogP contribution in [-0.2, 0) is 27.7 Å². The fourth-order valence-corrected chi connectivity index (χ4v) is 3.16. The zero-order chi connectivity index (χ0) is 15.2. The highest BCUT2D eigenvalue weighted by Gasteiger charge is 2.42. The summed E-state index contributed by atoms with van der Waals surface area (Å²) in [6.07, 6.45) is 0. The van der Waals surface area contributed by atoms with E-state index in [0.29, 0.717) is 0 Å². The fraction of sp³-hybridized carbons (Fsp3) is 0.727. The fourth-order valence-electron chi connectivity index (χ4n) is 1.18. The second kappa shape index (κ2) is 7.78. The highest BCUT2D eigenvalue weighted by atomic mass is 35.5. The normalized spacial score (nSPS) is 20.4. The van der Waals surface area contributed by atoms with Crippen molar-refractivity contribution < 1.29 is 27.7 Å². The molecule has 1 fully saturated rings. The van der Waals surface area contributed by atoms with Crippen molar-refractivity contribution in [1.29, 1.82) is 0 Å². The maximum atomic E-state index is 12.0. The van der Waals surface area contributed by atoms with Crippen LogP contribution in [0, 0.1) is 5.41 Å². The second-order valence-corrected chi connectivity index (χ2v) is 6.71. The number of phosphoric acid groups is 1. The number of esters is 1. The molecule has 0 saturated carbocycles. The van der Waals surface area contributed by atoms with Gasteiger partial charge in [0.1, 0.15) is 6.61 Å². The van der Waals surface area contributed by atoms with Gasteiger partial charge in [-0.25, -0.2) is 9.36 Å². The summed E-state index contributed by atoms with van der Waals surface area (Å²) in [6, 6.07) is 0. The first-order chi connectivity index (χ1) is 9.36. The average molecular weight is 347 g/mol. The van der Waals surface area contributed by atoms with E-state index in [0.717, 1.165) is 0 Å². The quantitative estimate of drug-likeness (QED) is 0.232. The maximum absolute atomic E-state index is 12.0. The molecule has 0 spiro atoms. The first-order valence-electron chi connectivity index (χ1n) is 5.85. The lowest BCUT2D eigenvalue weighted by molar-refractivity contribution is -0.140. The van der Waals surface area contributed by atoms with Crippen molar-refractivity contribution >= 4 is 37.0 Å². The van der Waals surface area contributed by atoms with Gasteiger partial charge in [-0.2, -0.15) is 0 Å². The molecule has 20 heavy (non-hydrogen) atoms. The van der Waals surface area contributed by atoms with Gasteiger partial charge < -0.3 is 4.74 Å². The molecule has 1 heterocycles. The van der Waals surface area contributed by atoms with Crippen molar-refractivity contribution in [3.8, 4) is 0 Å². The Kier molecular flexibility index (Phi) is 6.98. The number of hydrogen-bond acceptors (Lipinski definition) is 6. The van der Waals surface area contributed by atoms with E-state index in [1.165, 1.54) is 6.92 Å². The first kappa shape index (κ1) is 18.0. The summed E-state index contributed by atoms with van der Waals surface area (Å²) in [5.74, 6) is -0.0833. The summed E-state index contributed by atoms with van der Waals surface area (Å²) in [5, 5.41) is 0. The van der Waals surface area contributed by atoms with Crippen LogP contribution in [0.15, 0.2) is 12.2 Å². The highest BCUT2D eigenvalue weighted by Crippen LogP contribution is 2.54. The average Bonchev–Trinajstić information content (AvgIpc) is 2.45. The van der Waals surface area contributed by atoms with Gasteiger partial charge in [0.15, 0.2) is 0 Å². The van der Waals surface area contributed by atoms with Gasteiger partial charge >= 0.3 is 13.8 Å². The predicted octanol–water partition coefficient (Wildman–Crippen LogP) is 2.74. The Labute approximate surface area is 127 Å². The molecule has 0 N–H and O–H groups in total. The van der Waals surface area contributed by atoms with Crippen molar-refractivity contribution in [3.63, 3.8) is 0 Å². The number of carbonyl (C=O) groups excluding carboxylic acids is 1. The van der Waals surface area contributed by atoms with Gasteiger partial charge in [-0.1, -0.05) is 6.58 Å². The molecule has 0 radical (unpaired) electrons. The van der Waals surface area contributed by atoms with Crippen LogP contribution in [-0.4, -0.2) is 44.2 Å². The third kappa shape index (κ3) is 5.02. The van der Waals surface area contributed by atoms with Crippen LogP contribution in [0.1, 0.15) is 6.92 Å². The third-order valence-electron chi connectivity index (χ3n) is 2.54. The van der Waals surface area contributed by atoms with E-state index in [2.05, 4.69) is 6.58 Å². The van der Waals surface area contributed by atoms with Crippen LogP contribution in [0.5, 0.6) is 0 Å². The molecule has 6 nitrogen and oxygen atoms in total. The summed E-state index contributed by atoms with van der Waals surface area (Å²) >= 11 is 11.6. The van der Waals surface area contributed by atoms with Gasteiger partial charge in [0.05, 0.1) is 19.8 Å². The Hall–Kier alpha value is -0.100. The molecule has 1 rings (SSSR count). The Balaban J connectivity index is 2.33. The van der Waals surface area contributed by atoms with Crippen molar-refractivity contribution in [3.05, 3.63) is 12.2 Å². The van der Waals surface area contributed by atoms with Gasteiger partial charge in [0.2, 0.25) is 0 Å². The smallest absolute Gasteiger partial charge is 0.460 e. The number of alkyl halides is 2. The van der Waals surface area contributed by atoms with Crippen LogP contribution in [0.25, 0.3) is 0 Å². The van der Waals surface area contributed by atoms with E-state index in [1.54, 1.807) is 0 Å². The van der Waals surface area contributed by atoms with Gasteiger partial charge in [-0.3, -0.25) is 13.6 Å². The number of phosphoric ester groups is 1. The molecule has 0 unspecified atom stereocenters. The van der Waals surface area contributed by atoms with Crippen molar-refractivity contribution in [2.24, 2.45) is 5.41 Å². The standard InChI is InChI=1S/C11H17Cl2O6P/c1-9(2)10(14)16-3-4-17-20(15)18-7-11(5-12,6-13)8-19-20/h1,3-8H2,2H3. The van der Waals surface area contributed by atoms with E-state index >= 15 is 0 Å². The molecular formula is C11H17Cl2O6P. The molecule has 0 aromatic rings. The lowest BCUT2D eigenvalue weighted by Gasteiger charge is -2.35. The Bertz CT molecular complexity index is 396. The molecule has 0 amide bonds. The van der Waals surface area contributed by atoms with Crippen LogP contribution in [0.4, 0.5) is 0 Å². The summed E-state index contributed by atoms with van der Waals surface area (Å²) in [5.41, 5.74) is -0.289. The summed E-state index contributed by atoms with van der Waals surface area (Å²) in [7, 11) is -3.63. The maximum Gasteiger partial charge on any atom is 0.474 e. The topological polar surface area (TPSA) is 71.1 Å². The van der Waals surface area contributed by atoms with Crippen molar-refractivity contribution in [1.82, 2.24) is 0 Å². The molecule has 0 aromatic carbocycles. The number of halogens is 2. The Morgan fingerprint density at radius 2 is 1.85 bits per heavy atom. The minimum Gasteiger partial charge on any atom is -0.460 e. The summed E-state index contributed by atoms with van der Waals surface area (Å²) < 4.78 is 32.0. The molecule has 0 bridgehead atoms. The molecule has 1 saturated heterocycles. The summed E-state index contributed by atoms with van der Waals surface area (Å²) in [6.45, 7) is 4.95. The molecular weight excluding hydrogens is 330 g/mol. The Morgan fingerprint density at radius 1 is 1.30 bits per heavy atom. The molecule has 0 aromatic heterocycles. The largest absolute Gasteiger partial charge is 0.474 e. The molecule has 0 aliphatic carbocycles. The number of hydrogen-bond donors (Lipinski definition) is 0. The van der Waals surface area contributed by atoms with Crippen molar-refractivity contribution in [2.75, 3.05) is 38.2 Å². The molecule has 116 valence electrons. The lowest BCUT2D eigenvalue weighted by Crippen LogP contribution is -2.39. The molecule has 1 aliphatic rings. The second-order valence-electron chi connectivity index (χ2n) is 4.51. The van der Waals surface area contributed by atoms with E-state index in [4.69, 9.17) is 41.5 Å². The van der Waals surface area contributed by atoms with E-state index < -0.39 is 19.2 Å². The van der Waals surface area contributed by atoms with Gasteiger partial charge in [-0.05, 0) is 6.92 Å². The van der Waals surface area contributed by atoms with Crippen molar-refractivity contribution in [2.45, 2.75) is 6.92 Å². The summed E-state index contributed by atoms with van der Waals surface area (Å²) in [4.78, 5) is 11.1. The van der Waals surface area contributed by atoms with E-state index in [-0.39, 0.29) is 43.8 Å². The zero-order valence-electron chi connectivity index (χ0n) is 11.1. The predicted molar refractivity (Wildman–Crippen MR) is 75.1 cm³/mol. The minimum atomic E-state index is -3.63. The third-order valence-corrected chi connectivity index (χ3v) is 5.06. The zero-order valence-corrected chi connectivity index (χ0v) is 13.5. The highest BCUT2D eigenvalue weighted by molar-refractivity contribution is 7.48. The molecule has 0 atom stereocenters. The first-order valence-corrected chi connectivity index (χ1v) is 8.38. The number of rotatable bonds is 7. The van der Waals surface area contributed by atoms with Crippen LogP contribution < -0.4 is 0 Å². The van der Waals surface area contributed by atoms with Gasteiger partial charge in [0, 0.05) is 22.7 Å². The van der Waals surface area contributed by atoms with Crippen LogP contribution in [0.2, 0.25) is 0 Å². The Morgan fingerprint density at radius 3 is 2.30 bits per heavy atom. The van der Waals surface area contributed by atoms with Gasteiger partial charge in [0.25, 0.3) is 0 Å². The van der Waals surface area contributed by atoms with Crippen LogP contribution in [0.3, 0.4) is 0 Å². The monoisotopic (exact) mass is 346 g/mol. The van der Waals surface area contributed by atoms with E-state index in [9.17, 15) is 9.36 Å². The number of ether oxygens (including phenoxy) is 1. The molecule has 9 heteroatoms.